The Kier molecular flexibility index (Phi) is 7.61. The molecule has 0 aliphatic carbocycles. The van der Waals surface area contributed by atoms with Crippen molar-refractivity contribution in [1.29, 1.82) is 0 Å². The summed E-state index contributed by atoms with van der Waals surface area (Å²) in [4.78, 5) is 27.8. The summed E-state index contributed by atoms with van der Waals surface area (Å²) in [5.41, 5.74) is 2.73. The van der Waals surface area contributed by atoms with Crippen molar-refractivity contribution in [3.63, 3.8) is 0 Å². The Morgan fingerprint density at radius 2 is 1.81 bits per heavy atom. The molecule has 0 spiro atoms. The lowest BCUT2D eigenvalue weighted by Crippen LogP contribution is -2.30. The topological polar surface area (TPSA) is 83.1 Å². The van der Waals surface area contributed by atoms with E-state index in [1.165, 1.54) is 0 Å². The maximum Gasteiger partial charge on any atom is 0.224 e. The van der Waals surface area contributed by atoms with Gasteiger partial charge in [-0.3, -0.25) is 9.59 Å². The van der Waals surface area contributed by atoms with Gasteiger partial charge in [0.25, 0.3) is 0 Å². The quantitative estimate of drug-likeness (QED) is 0.605. The van der Waals surface area contributed by atoms with E-state index in [9.17, 15) is 9.59 Å². The molecule has 6 nitrogen and oxygen atoms in total. The van der Waals surface area contributed by atoms with E-state index in [1.54, 1.807) is 6.20 Å². The number of rotatable bonds is 9. The number of hydrogen-bond donors (Lipinski definition) is 3. The largest absolute Gasteiger partial charge is 0.368 e. The first-order valence-corrected chi connectivity index (χ1v) is 8.89. The van der Waals surface area contributed by atoms with Gasteiger partial charge in [0.2, 0.25) is 11.8 Å². The van der Waals surface area contributed by atoms with E-state index in [4.69, 9.17) is 0 Å². The summed E-state index contributed by atoms with van der Waals surface area (Å²) in [6.45, 7) is 5.10. The first kappa shape index (κ1) is 19.4. The Hall–Kier alpha value is -2.89. The number of carbonyl (C=O) groups excluding carboxylic acids is 2. The van der Waals surface area contributed by atoms with Gasteiger partial charge in [-0.2, -0.15) is 0 Å². The molecule has 2 rings (SSSR count). The number of hydrogen-bond acceptors (Lipinski definition) is 4. The van der Waals surface area contributed by atoms with Crippen LogP contribution in [0, 0.1) is 6.92 Å². The van der Waals surface area contributed by atoms with Crippen molar-refractivity contribution in [2.24, 2.45) is 0 Å². The van der Waals surface area contributed by atoms with Crippen molar-refractivity contribution in [1.82, 2.24) is 10.3 Å². The molecular weight excluding hydrogens is 328 g/mol. The van der Waals surface area contributed by atoms with Gasteiger partial charge in [-0.05, 0) is 42.7 Å². The molecule has 0 atom stereocenters. The van der Waals surface area contributed by atoms with Crippen molar-refractivity contribution >= 4 is 23.3 Å². The van der Waals surface area contributed by atoms with Crippen molar-refractivity contribution in [2.45, 2.75) is 33.1 Å². The summed E-state index contributed by atoms with van der Waals surface area (Å²) in [5, 5.41) is 8.92. The molecule has 138 valence electrons. The fourth-order valence-electron chi connectivity index (χ4n) is 2.46. The molecule has 2 aromatic rings. The van der Waals surface area contributed by atoms with Crippen LogP contribution in [0.25, 0.3) is 0 Å². The zero-order valence-corrected chi connectivity index (χ0v) is 15.3. The molecule has 26 heavy (non-hydrogen) atoms. The Morgan fingerprint density at radius 1 is 1.04 bits per heavy atom. The maximum atomic E-state index is 12.0. The number of anilines is 2. The van der Waals surface area contributed by atoms with Gasteiger partial charge in [-0.1, -0.05) is 25.1 Å². The van der Waals surface area contributed by atoms with E-state index in [0.29, 0.717) is 25.9 Å². The molecule has 0 radical (unpaired) electrons. The van der Waals surface area contributed by atoms with Crippen molar-refractivity contribution < 1.29 is 9.59 Å². The molecule has 0 bridgehead atoms. The second-order valence-corrected chi connectivity index (χ2v) is 6.12. The number of pyridine rings is 1. The highest BCUT2D eigenvalue weighted by Crippen LogP contribution is 2.11. The number of amides is 2. The van der Waals surface area contributed by atoms with Gasteiger partial charge in [0, 0.05) is 31.4 Å². The lowest BCUT2D eigenvalue weighted by Gasteiger charge is -2.09. The fourth-order valence-corrected chi connectivity index (χ4v) is 2.46. The second-order valence-electron chi connectivity index (χ2n) is 6.12. The van der Waals surface area contributed by atoms with E-state index in [2.05, 4.69) is 20.9 Å². The Bertz CT molecular complexity index is 729. The predicted octanol–water partition coefficient (Wildman–Crippen LogP) is 2.90. The molecule has 1 heterocycles. The lowest BCUT2D eigenvalue weighted by atomic mass is 10.1. The average Bonchev–Trinajstić information content (AvgIpc) is 2.62. The van der Waals surface area contributed by atoms with E-state index < -0.39 is 0 Å². The van der Waals surface area contributed by atoms with Crippen LogP contribution in [0.3, 0.4) is 0 Å². The van der Waals surface area contributed by atoms with Crippen molar-refractivity contribution in [3.05, 3.63) is 53.7 Å². The van der Waals surface area contributed by atoms with Crippen LogP contribution in [-0.4, -0.2) is 29.9 Å². The van der Waals surface area contributed by atoms with Gasteiger partial charge in [-0.25, -0.2) is 4.98 Å². The van der Waals surface area contributed by atoms with Gasteiger partial charge in [0.1, 0.15) is 5.82 Å². The second kappa shape index (κ2) is 10.2. The zero-order chi connectivity index (χ0) is 18.8. The summed E-state index contributed by atoms with van der Waals surface area (Å²) in [6.07, 6.45) is 3.38. The lowest BCUT2D eigenvalue weighted by molar-refractivity contribution is -0.120. The molecular formula is C20H26N4O2. The highest BCUT2D eigenvalue weighted by Gasteiger charge is 2.05. The van der Waals surface area contributed by atoms with Crippen LogP contribution in [0.4, 0.5) is 11.5 Å². The first-order chi connectivity index (χ1) is 12.6. The van der Waals surface area contributed by atoms with Gasteiger partial charge in [-0.15, -0.1) is 0 Å². The molecule has 1 aromatic heterocycles. The molecule has 3 N–H and O–H groups in total. The summed E-state index contributed by atoms with van der Waals surface area (Å²) < 4.78 is 0. The number of aromatic nitrogens is 1. The number of aryl methyl sites for hydroxylation is 1. The number of benzene rings is 1. The SMILES string of the molecule is CCCC(=O)Nc1ccc(CC(=O)NCCNc2ncccc2C)cc1. The molecule has 0 aliphatic rings. The van der Waals surface area contributed by atoms with Crippen LogP contribution in [0.5, 0.6) is 0 Å². The van der Waals surface area contributed by atoms with Crippen LogP contribution in [0.15, 0.2) is 42.6 Å². The molecule has 0 unspecified atom stereocenters. The van der Waals surface area contributed by atoms with Gasteiger partial charge >= 0.3 is 0 Å². The molecule has 0 saturated heterocycles. The summed E-state index contributed by atoms with van der Waals surface area (Å²) in [6, 6.07) is 11.2. The minimum absolute atomic E-state index is 0.00800. The number of carbonyl (C=O) groups is 2. The maximum absolute atomic E-state index is 12.0. The standard InChI is InChI=1S/C20H26N4O2/c1-3-5-18(25)24-17-9-7-16(8-10-17)14-19(26)21-12-13-23-20-15(2)6-4-11-22-20/h4,6-11H,3,5,12-14H2,1-2H3,(H,21,26)(H,22,23)(H,24,25). The van der Waals surface area contributed by atoms with Gasteiger partial charge in [0.15, 0.2) is 0 Å². The van der Waals surface area contributed by atoms with Crippen LogP contribution in [0.2, 0.25) is 0 Å². The van der Waals surface area contributed by atoms with E-state index in [1.807, 2.05) is 50.2 Å². The third-order valence-corrected chi connectivity index (χ3v) is 3.83. The third kappa shape index (κ3) is 6.55. The summed E-state index contributed by atoms with van der Waals surface area (Å²) in [5.74, 6) is 0.809. The summed E-state index contributed by atoms with van der Waals surface area (Å²) >= 11 is 0. The molecule has 6 heteroatoms. The van der Waals surface area contributed by atoms with Gasteiger partial charge < -0.3 is 16.0 Å². The van der Waals surface area contributed by atoms with Gasteiger partial charge in [0.05, 0.1) is 6.42 Å². The minimum Gasteiger partial charge on any atom is -0.368 e. The summed E-state index contributed by atoms with van der Waals surface area (Å²) in [7, 11) is 0. The number of nitrogens with zero attached hydrogens (tertiary/aromatic N) is 1. The van der Waals surface area contributed by atoms with Crippen molar-refractivity contribution in [2.75, 3.05) is 23.7 Å². The van der Waals surface area contributed by atoms with E-state index in [0.717, 1.165) is 29.1 Å². The number of nitrogens with one attached hydrogen (secondary N) is 3. The minimum atomic E-state index is -0.0349. The van der Waals surface area contributed by atoms with E-state index >= 15 is 0 Å². The average molecular weight is 354 g/mol. The van der Waals surface area contributed by atoms with Crippen LogP contribution in [-0.2, 0) is 16.0 Å². The van der Waals surface area contributed by atoms with E-state index in [-0.39, 0.29) is 11.8 Å². The molecule has 2 amide bonds. The van der Waals surface area contributed by atoms with Crippen LogP contribution < -0.4 is 16.0 Å². The highest BCUT2D eigenvalue weighted by atomic mass is 16.2. The zero-order valence-electron chi connectivity index (χ0n) is 15.3. The monoisotopic (exact) mass is 354 g/mol. The first-order valence-electron chi connectivity index (χ1n) is 8.89. The van der Waals surface area contributed by atoms with Crippen molar-refractivity contribution in [3.8, 4) is 0 Å². The Balaban J connectivity index is 1.70. The predicted molar refractivity (Wildman–Crippen MR) is 104 cm³/mol. The fraction of sp³-hybridized carbons (Fsp3) is 0.350. The Labute approximate surface area is 154 Å². The highest BCUT2D eigenvalue weighted by molar-refractivity contribution is 5.90. The molecule has 0 fully saturated rings. The molecule has 1 aromatic carbocycles. The molecule has 0 aliphatic heterocycles. The third-order valence-electron chi connectivity index (χ3n) is 3.83. The van der Waals surface area contributed by atoms with Crippen LogP contribution in [0.1, 0.15) is 30.9 Å². The smallest absolute Gasteiger partial charge is 0.224 e. The molecule has 0 saturated carbocycles. The normalized spacial score (nSPS) is 10.2. The Morgan fingerprint density at radius 3 is 2.50 bits per heavy atom. The van der Waals surface area contributed by atoms with Crippen LogP contribution >= 0.6 is 0 Å².